The SMILES string of the molecule is CCC(C)(C)OC(O)CC(COC(=O)C1CCCCC1C(O)O)OC(=O)C1CCCCC1C(O)O. The molecule has 6 atom stereocenters. The summed E-state index contributed by atoms with van der Waals surface area (Å²) in [5.41, 5.74) is -0.618. The van der Waals surface area contributed by atoms with E-state index in [0.717, 1.165) is 25.7 Å². The third-order valence-electron chi connectivity index (χ3n) is 7.48. The topological polar surface area (TPSA) is 163 Å². The van der Waals surface area contributed by atoms with Crippen molar-refractivity contribution in [2.45, 2.75) is 116 Å². The van der Waals surface area contributed by atoms with Gasteiger partial charge in [0.05, 0.1) is 17.4 Å². The fraction of sp³-hybridized carbons (Fsp3) is 0.920. The van der Waals surface area contributed by atoms with E-state index >= 15 is 0 Å². The second-order valence-electron chi connectivity index (χ2n) is 10.5. The first-order valence-corrected chi connectivity index (χ1v) is 12.9. The summed E-state index contributed by atoms with van der Waals surface area (Å²) in [7, 11) is 0. The van der Waals surface area contributed by atoms with Gasteiger partial charge < -0.3 is 39.7 Å². The van der Waals surface area contributed by atoms with Crippen LogP contribution in [0.4, 0.5) is 0 Å². The number of hydrogen-bond acceptors (Lipinski definition) is 10. The summed E-state index contributed by atoms with van der Waals surface area (Å²) in [5, 5.41) is 49.2. The number of rotatable bonds is 12. The van der Waals surface area contributed by atoms with Crippen molar-refractivity contribution in [1.82, 2.24) is 0 Å². The van der Waals surface area contributed by atoms with Crippen molar-refractivity contribution in [2.24, 2.45) is 23.7 Å². The van der Waals surface area contributed by atoms with Crippen molar-refractivity contribution in [2.75, 3.05) is 6.61 Å². The molecule has 35 heavy (non-hydrogen) atoms. The third kappa shape index (κ3) is 9.26. The van der Waals surface area contributed by atoms with Gasteiger partial charge in [-0.2, -0.15) is 0 Å². The molecule has 0 spiro atoms. The molecule has 0 aromatic rings. The summed E-state index contributed by atoms with van der Waals surface area (Å²) >= 11 is 0. The van der Waals surface area contributed by atoms with Gasteiger partial charge in [0.2, 0.25) is 0 Å². The summed E-state index contributed by atoms with van der Waals surface area (Å²) in [4.78, 5) is 25.7. The maximum atomic E-state index is 13.0. The van der Waals surface area contributed by atoms with Crippen LogP contribution in [-0.4, -0.2) is 74.7 Å². The molecule has 0 aromatic heterocycles. The molecule has 204 valence electrons. The van der Waals surface area contributed by atoms with Gasteiger partial charge in [-0.15, -0.1) is 0 Å². The minimum Gasteiger partial charge on any atom is -0.462 e. The van der Waals surface area contributed by atoms with E-state index in [-0.39, 0.29) is 13.0 Å². The zero-order chi connectivity index (χ0) is 26.2. The van der Waals surface area contributed by atoms with Crippen LogP contribution in [0.3, 0.4) is 0 Å². The lowest BCUT2D eigenvalue weighted by Gasteiger charge is -2.34. The minimum atomic E-state index is -1.64. The first kappa shape index (κ1) is 29.9. The molecule has 10 nitrogen and oxygen atoms in total. The lowest BCUT2D eigenvalue weighted by atomic mass is 9.79. The van der Waals surface area contributed by atoms with Gasteiger partial charge in [0, 0.05) is 18.3 Å². The minimum absolute atomic E-state index is 0.141. The Balaban J connectivity index is 2.07. The van der Waals surface area contributed by atoms with Crippen LogP contribution in [0.2, 0.25) is 0 Å². The van der Waals surface area contributed by atoms with Gasteiger partial charge in [-0.1, -0.05) is 32.6 Å². The number of carbonyl (C=O) groups is 2. The molecular formula is C25H44O10. The van der Waals surface area contributed by atoms with Crippen molar-refractivity contribution in [3.05, 3.63) is 0 Å². The van der Waals surface area contributed by atoms with E-state index in [1.165, 1.54) is 0 Å². The highest BCUT2D eigenvalue weighted by molar-refractivity contribution is 5.74. The van der Waals surface area contributed by atoms with Crippen molar-refractivity contribution in [3.8, 4) is 0 Å². The van der Waals surface area contributed by atoms with Crippen LogP contribution in [0.1, 0.15) is 85.0 Å². The van der Waals surface area contributed by atoms with E-state index < -0.39 is 66.2 Å². The standard InChI is InChI=1S/C25H44O10/c1-4-25(2,3)35-20(26)13-15(34-24(32)19-12-8-6-10-17(19)22(29)30)14-33-23(31)18-11-7-5-9-16(18)21(27)28/h15-22,26-30H,4-14H2,1-3H3. The maximum absolute atomic E-state index is 13.0. The summed E-state index contributed by atoms with van der Waals surface area (Å²) in [5.74, 6) is -3.88. The second-order valence-corrected chi connectivity index (χ2v) is 10.5. The number of aliphatic hydroxyl groups excluding tert-OH is 3. The lowest BCUT2D eigenvalue weighted by Crippen LogP contribution is -2.41. The molecule has 10 heteroatoms. The van der Waals surface area contributed by atoms with Crippen LogP contribution in [-0.2, 0) is 23.8 Å². The molecule has 0 radical (unpaired) electrons. The molecule has 2 fully saturated rings. The Hall–Kier alpha value is -1.30. The first-order valence-electron chi connectivity index (χ1n) is 12.9. The predicted octanol–water partition coefficient (Wildman–Crippen LogP) is 1.59. The molecular weight excluding hydrogens is 460 g/mol. The Bertz CT molecular complexity index is 665. The summed E-state index contributed by atoms with van der Waals surface area (Å²) in [6, 6.07) is 0. The molecule has 6 unspecified atom stereocenters. The average Bonchev–Trinajstić information content (AvgIpc) is 2.81. The zero-order valence-electron chi connectivity index (χ0n) is 21.2. The molecule has 0 aliphatic heterocycles. The van der Waals surface area contributed by atoms with Gasteiger partial charge in [-0.3, -0.25) is 9.59 Å². The van der Waals surface area contributed by atoms with Gasteiger partial charge in [0.25, 0.3) is 0 Å². The molecule has 0 aromatic carbocycles. The third-order valence-corrected chi connectivity index (χ3v) is 7.48. The fourth-order valence-electron chi connectivity index (χ4n) is 5.03. The fourth-order valence-corrected chi connectivity index (χ4v) is 5.03. The first-order chi connectivity index (χ1) is 16.4. The lowest BCUT2D eigenvalue weighted by molar-refractivity contribution is -0.201. The molecule has 2 aliphatic rings. The highest BCUT2D eigenvalue weighted by Gasteiger charge is 2.39. The number of ether oxygens (including phenoxy) is 3. The van der Waals surface area contributed by atoms with E-state index in [9.17, 15) is 35.1 Å². The largest absolute Gasteiger partial charge is 0.462 e. The van der Waals surface area contributed by atoms with E-state index in [1.807, 2.05) is 20.8 Å². The Morgan fingerprint density at radius 1 is 0.829 bits per heavy atom. The van der Waals surface area contributed by atoms with Crippen LogP contribution in [0.15, 0.2) is 0 Å². The summed E-state index contributed by atoms with van der Waals surface area (Å²) in [6.45, 7) is 5.21. The van der Waals surface area contributed by atoms with Crippen LogP contribution < -0.4 is 0 Å². The smallest absolute Gasteiger partial charge is 0.309 e. The predicted molar refractivity (Wildman–Crippen MR) is 124 cm³/mol. The van der Waals surface area contributed by atoms with Gasteiger partial charge in [0.15, 0.2) is 18.9 Å². The van der Waals surface area contributed by atoms with E-state index in [2.05, 4.69) is 0 Å². The maximum Gasteiger partial charge on any atom is 0.309 e. The highest BCUT2D eigenvalue weighted by Crippen LogP contribution is 2.34. The van der Waals surface area contributed by atoms with Crippen molar-refractivity contribution >= 4 is 11.9 Å². The Kier molecular flexibility index (Phi) is 11.8. The van der Waals surface area contributed by atoms with Gasteiger partial charge in [-0.05, 0) is 46.0 Å². The van der Waals surface area contributed by atoms with Crippen LogP contribution in [0, 0.1) is 23.7 Å². The number of carbonyl (C=O) groups excluding carboxylic acids is 2. The summed E-state index contributed by atoms with van der Waals surface area (Å²) < 4.78 is 16.7. The van der Waals surface area contributed by atoms with Gasteiger partial charge in [-0.25, -0.2) is 0 Å². The Labute approximate surface area is 207 Å². The quantitative estimate of drug-likeness (QED) is 0.195. The highest BCUT2D eigenvalue weighted by atomic mass is 16.6. The molecule has 2 saturated carbocycles. The normalized spacial score (nSPS) is 27.5. The van der Waals surface area contributed by atoms with Gasteiger partial charge in [0.1, 0.15) is 12.7 Å². The van der Waals surface area contributed by atoms with Gasteiger partial charge >= 0.3 is 11.9 Å². The zero-order valence-corrected chi connectivity index (χ0v) is 21.2. The number of esters is 2. The Morgan fingerprint density at radius 3 is 1.80 bits per heavy atom. The molecule has 0 amide bonds. The molecule has 0 heterocycles. The van der Waals surface area contributed by atoms with E-state index in [0.29, 0.717) is 32.1 Å². The monoisotopic (exact) mass is 504 g/mol. The molecule has 5 N–H and O–H groups in total. The van der Waals surface area contributed by atoms with Crippen LogP contribution >= 0.6 is 0 Å². The molecule has 2 aliphatic carbocycles. The molecule has 0 saturated heterocycles. The van der Waals surface area contributed by atoms with Crippen LogP contribution in [0.25, 0.3) is 0 Å². The number of hydrogen-bond donors (Lipinski definition) is 5. The second kappa shape index (κ2) is 13.9. The Morgan fingerprint density at radius 2 is 1.31 bits per heavy atom. The summed E-state index contributed by atoms with van der Waals surface area (Å²) in [6.07, 6.45) is -0.0625. The van der Waals surface area contributed by atoms with E-state index in [1.54, 1.807) is 0 Å². The molecule has 0 bridgehead atoms. The van der Waals surface area contributed by atoms with Crippen molar-refractivity contribution in [3.63, 3.8) is 0 Å². The van der Waals surface area contributed by atoms with Crippen molar-refractivity contribution in [1.29, 1.82) is 0 Å². The van der Waals surface area contributed by atoms with Crippen molar-refractivity contribution < 1.29 is 49.3 Å². The van der Waals surface area contributed by atoms with E-state index in [4.69, 9.17) is 14.2 Å². The number of aliphatic hydroxyl groups is 5. The average molecular weight is 505 g/mol. The molecule has 2 rings (SSSR count). The van der Waals surface area contributed by atoms with Crippen LogP contribution in [0.5, 0.6) is 0 Å².